The van der Waals surface area contributed by atoms with Gasteiger partial charge in [-0.25, -0.2) is 4.98 Å². The molecule has 2 aromatic heterocycles. The highest BCUT2D eigenvalue weighted by atomic mass is 32.1. The van der Waals surface area contributed by atoms with Crippen molar-refractivity contribution in [2.45, 2.75) is 13.5 Å². The molecule has 0 atom stereocenters. The molecule has 0 aliphatic rings. The van der Waals surface area contributed by atoms with E-state index in [4.69, 9.17) is 0 Å². The quantitative estimate of drug-likeness (QED) is 0.832. The Labute approximate surface area is 86.2 Å². The first-order chi connectivity index (χ1) is 6.84. The van der Waals surface area contributed by atoms with Gasteiger partial charge in [-0.05, 0) is 30.1 Å². The van der Waals surface area contributed by atoms with Crippen LogP contribution < -0.4 is 5.32 Å². The minimum Gasteiger partial charge on any atom is -0.364 e. The monoisotopic (exact) mass is 206 g/mol. The topological polar surface area (TPSA) is 50.7 Å². The van der Waals surface area contributed by atoms with Gasteiger partial charge in [0.05, 0.1) is 12.2 Å². The molecular formula is C9H10N4S. The zero-order valence-corrected chi connectivity index (χ0v) is 8.58. The molecule has 0 aliphatic carbocycles. The summed E-state index contributed by atoms with van der Waals surface area (Å²) in [6, 6.07) is 3.98. The number of anilines is 1. The van der Waals surface area contributed by atoms with Crippen LogP contribution in [0.1, 0.15) is 11.3 Å². The van der Waals surface area contributed by atoms with E-state index in [1.165, 1.54) is 11.5 Å². The Morgan fingerprint density at radius 3 is 3.00 bits per heavy atom. The number of aryl methyl sites for hydroxylation is 1. The fourth-order valence-corrected chi connectivity index (χ4v) is 1.47. The molecule has 72 valence electrons. The maximum atomic E-state index is 4.22. The molecule has 0 amide bonds. The molecule has 0 radical (unpaired) electrons. The highest BCUT2D eigenvalue weighted by Crippen LogP contribution is 2.06. The lowest BCUT2D eigenvalue weighted by molar-refractivity contribution is 0.988. The SMILES string of the molecule is Cc1ccc(NCc2csnn2)nc1. The van der Waals surface area contributed by atoms with Crippen molar-refractivity contribution in [3.8, 4) is 0 Å². The summed E-state index contributed by atoms with van der Waals surface area (Å²) in [7, 11) is 0. The molecule has 14 heavy (non-hydrogen) atoms. The van der Waals surface area contributed by atoms with Crippen LogP contribution >= 0.6 is 11.5 Å². The molecule has 2 heterocycles. The molecule has 0 aliphatic heterocycles. The van der Waals surface area contributed by atoms with Crippen molar-refractivity contribution in [2.75, 3.05) is 5.32 Å². The van der Waals surface area contributed by atoms with Gasteiger partial charge in [-0.15, -0.1) is 5.10 Å². The van der Waals surface area contributed by atoms with Gasteiger partial charge in [-0.3, -0.25) is 0 Å². The van der Waals surface area contributed by atoms with Crippen molar-refractivity contribution in [1.29, 1.82) is 0 Å². The largest absolute Gasteiger partial charge is 0.364 e. The number of nitrogens with one attached hydrogen (secondary N) is 1. The average molecular weight is 206 g/mol. The molecule has 0 aromatic carbocycles. The van der Waals surface area contributed by atoms with Gasteiger partial charge in [-0.2, -0.15) is 0 Å². The molecule has 0 spiro atoms. The van der Waals surface area contributed by atoms with Gasteiger partial charge in [0.1, 0.15) is 5.82 Å². The number of rotatable bonds is 3. The standard InChI is InChI=1S/C9H10N4S/c1-7-2-3-9(10-4-7)11-5-8-6-14-13-12-8/h2-4,6H,5H2,1H3,(H,10,11). The van der Waals surface area contributed by atoms with E-state index < -0.39 is 0 Å². The maximum absolute atomic E-state index is 4.22. The van der Waals surface area contributed by atoms with Crippen LogP contribution in [-0.4, -0.2) is 14.6 Å². The van der Waals surface area contributed by atoms with E-state index in [1.54, 1.807) is 0 Å². The normalized spacial score (nSPS) is 10.1. The van der Waals surface area contributed by atoms with Gasteiger partial charge in [0.15, 0.2) is 0 Å². The molecule has 4 nitrogen and oxygen atoms in total. The minimum atomic E-state index is 0.673. The Bertz CT molecular complexity index is 382. The molecule has 0 unspecified atom stereocenters. The van der Waals surface area contributed by atoms with E-state index in [0.29, 0.717) is 6.54 Å². The minimum absolute atomic E-state index is 0.673. The van der Waals surface area contributed by atoms with Crippen LogP contribution in [0.3, 0.4) is 0 Å². The lowest BCUT2D eigenvalue weighted by Crippen LogP contribution is -2.01. The van der Waals surface area contributed by atoms with Crippen LogP contribution in [0, 0.1) is 6.92 Å². The number of nitrogens with zero attached hydrogens (tertiary/aromatic N) is 3. The number of aromatic nitrogens is 3. The fourth-order valence-electron chi connectivity index (χ4n) is 1.01. The third kappa shape index (κ3) is 2.26. The average Bonchev–Trinajstić information content (AvgIpc) is 2.70. The molecule has 0 saturated carbocycles. The molecule has 2 rings (SSSR count). The Balaban J connectivity index is 1.95. The Morgan fingerprint density at radius 2 is 2.36 bits per heavy atom. The Kier molecular flexibility index (Phi) is 2.69. The molecule has 1 N–H and O–H groups in total. The Hall–Kier alpha value is -1.49. The summed E-state index contributed by atoms with van der Waals surface area (Å²) in [5, 5.41) is 9.01. The van der Waals surface area contributed by atoms with Crippen LogP contribution in [-0.2, 0) is 6.54 Å². The van der Waals surface area contributed by atoms with Crippen LogP contribution in [0.5, 0.6) is 0 Å². The predicted molar refractivity (Wildman–Crippen MR) is 56.2 cm³/mol. The second kappa shape index (κ2) is 4.15. The molecule has 5 heteroatoms. The summed E-state index contributed by atoms with van der Waals surface area (Å²) in [5.74, 6) is 0.864. The maximum Gasteiger partial charge on any atom is 0.126 e. The summed E-state index contributed by atoms with van der Waals surface area (Å²) < 4.78 is 3.78. The first-order valence-electron chi connectivity index (χ1n) is 4.27. The van der Waals surface area contributed by atoms with Crippen molar-refractivity contribution >= 4 is 17.4 Å². The van der Waals surface area contributed by atoms with Gasteiger partial charge in [0, 0.05) is 11.6 Å². The molecular weight excluding hydrogens is 196 g/mol. The highest BCUT2D eigenvalue weighted by molar-refractivity contribution is 7.03. The predicted octanol–water partition coefficient (Wildman–Crippen LogP) is 1.85. The second-order valence-corrected chi connectivity index (χ2v) is 3.58. The third-order valence-electron chi connectivity index (χ3n) is 1.77. The van der Waals surface area contributed by atoms with Crippen LogP contribution in [0.4, 0.5) is 5.82 Å². The molecule has 2 aromatic rings. The smallest absolute Gasteiger partial charge is 0.126 e. The lowest BCUT2D eigenvalue weighted by atomic mass is 10.3. The summed E-state index contributed by atoms with van der Waals surface area (Å²) in [4.78, 5) is 4.22. The summed E-state index contributed by atoms with van der Waals surface area (Å²) >= 11 is 1.36. The van der Waals surface area contributed by atoms with E-state index in [9.17, 15) is 0 Å². The van der Waals surface area contributed by atoms with Gasteiger partial charge >= 0.3 is 0 Å². The molecule has 0 bridgehead atoms. The summed E-state index contributed by atoms with van der Waals surface area (Å²) in [5.41, 5.74) is 2.10. The van der Waals surface area contributed by atoms with Gasteiger partial charge < -0.3 is 5.32 Å². The second-order valence-electron chi connectivity index (χ2n) is 2.97. The first-order valence-corrected chi connectivity index (χ1v) is 5.11. The van der Waals surface area contributed by atoms with E-state index in [-0.39, 0.29) is 0 Å². The number of hydrogen-bond acceptors (Lipinski definition) is 5. The van der Waals surface area contributed by atoms with Crippen LogP contribution in [0.2, 0.25) is 0 Å². The van der Waals surface area contributed by atoms with Crippen molar-refractivity contribution in [3.63, 3.8) is 0 Å². The van der Waals surface area contributed by atoms with Crippen LogP contribution in [0.15, 0.2) is 23.7 Å². The Morgan fingerprint density at radius 1 is 1.43 bits per heavy atom. The number of hydrogen-bond donors (Lipinski definition) is 1. The van der Waals surface area contributed by atoms with Crippen molar-refractivity contribution in [1.82, 2.24) is 14.6 Å². The fraction of sp³-hybridized carbons (Fsp3) is 0.222. The van der Waals surface area contributed by atoms with E-state index in [0.717, 1.165) is 17.1 Å². The van der Waals surface area contributed by atoms with E-state index >= 15 is 0 Å². The number of pyridine rings is 1. The van der Waals surface area contributed by atoms with Gasteiger partial charge in [0.2, 0.25) is 0 Å². The lowest BCUT2D eigenvalue weighted by Gasteiger charge is -2.02. The zero-order valence-electron chi connectivity index (χ0n) is 7.77. The highest BCUT2D eigenvalue weighted by Gasteiger charge is 1.96. The van der Waals surface area contributed by atoms with E-state index in [1.807, 2.05) is 30.6 Å². The van der Waals surface area contributed by atoms with Crippen molar-refractivity contribution in [2.24, 2.45) is 0 Å². The first kappa shape index (κ1) is 9.08. The molecule has 0 saturated heterocycles. The van der Waals surface area contributed by atoms with Crippen molar-refractivity contribution < 1.29 is 0 Å². The molecule has 0 fully saturated rings. The van der Waals surface area contributed by atoms with Gasteiger partial charge in [0.25, 0.3) is 0 Å². The summed E-state index contributed by atoms with van der Waals surface area (Å²) in [6.45, 7) is 2.69. The van der Waals surface area contributed by atoms with E-state index in [2.05, 4.69) is 19.9 Å². The van der Waals surface area contributed by atoms with Gasteiger partial charge in [-0.1, -0.05) is 10.6 Å². The van der Waals surface area contributed by atoms with Crippen molar-refractivity contribution in [3.05, 3.63) is 35.0 Å². The summed E-state index contributed by atoms with van der Waals surface area (Å²) in [6.07, 6.45) is 1.83. The van der Waals surface area contributed by atoms with Crippen LogP contribution in [0.25, 0.3) is 0 Å². The third-order valence-corrected chi connectivity index (χ3v) is 2.32. The zero-order chi connectivity index (χ0) is 9.80.